The number of aliphatic hydroxyl groups is 1. The van der Waals surface area contributed by atoms with Crippen molar-refractivity contribution in [2.45, 2.75) is 24.5 Å². The number of nitrogens with one attached hydrogen (secondary N) is 1. The molecule has 0 bridgehead atoms. The second-order valence-corrected chi connectivity index (χ2v) is 6.79. The van der Waals surface area contributed by atoms with Gasteiger partial charge in [0, 0.05) is 20.8 Å². The molecule has 1 aromatic heterocycles. The Morgan fingerprint density at radius 3 is 2.77 bits per heavy atom. The number of fused-ring (bicyclic) bond motifs is 2. The fraction of sp³-hybridized carbons (Fsp3) is 0.474. The summed E-state index contributed by atoms with van der Waals surface area (Å²) in [6.45, 7) is 0.423. The molecule has 1 fully saturated rings. The smallest absolute Gasteiger partial charge is 0.351 e. The maximum absolute atomic E-state index is 12.8. The Morgan fingerprint density at radius 2 is 2.07 bits per heavy atom. The molecule has 4 atom stereocenters. The van der Waals surface area contributed by atoms with Gasteiger partial charge < -0.3 is 39.8 Å². The monoisotopic (exact) mass is 420 g/mol. The molecule has 30 heavy (non-hydrogen) atoms. The Labute approximate surface area is 172 Å². The van der Waals surface area contributed by atoms with Crippen LogP contribution < -0.4 is 26.2 Å². The van der Waals surface area contributed by atoms with Crippen LogP contribution in [-0.4, -0.2) is 66.9 Å². The van der Waals surface area contributed by atoms with Gasteiger partial charge in [-0.3, -0.25) is 4.57 Å². The van der Waals surface area contributed by atoms with Crippen molar-refractivity contribution in [3.8, 4) is 17.2 Å². The minimum absolute atomic E-state index is 0.251. The second kappa shape index (κ2) is 8.58. The molecular weight excluding hydrogens is 396 g/mol. The Kier molecular flexibility index (Phi) is 5.88. The first kappa shape index (κ1) is 20.6. The number of nitrogens with zero attached hydrogens (tertiary/aromatic N) is 2. The van der Waals surface area contributed by atoms with Crippen molar-refractivity contribution in [1.82, 2.24) is 9.55 Å². The van der Waals surface area contributed by atoms with E-state index in [9.17, 15) is 9.90 Å². The lowest BCUT2D eigenvalue weighted by Crippen LogP contribution is -2.38. The highest BCUT2D eigenvalue weighted by atomic mass is 16.6. The third-order valence-electron chi connectivity index (χ3n) is 5.03. The van der Waals surface area contributed by atoms with Crippen molar-refractivity contribution < 1.29 is 28.8 Å². The van der Waals surface area contributed by atoms with Gasteiger partial charge in [0.1, 0.15) is 36.4 Å². The first-order valence-corrected chi connectivity index (χ1v) is 9.47. The van der Waals surface area contributed by atoms with Gasteiger partial charge in [-0.05, 0) is 12.1 Å². The van der Waals surface area contributed by atoms with E-state index in [-0.39, 0.29) is 12.4 Å². The Morgan fingerprint density at radius 1 is 1.27 bits per heavy atom. The van der Waals surface area contributed by atoms with Gasteiger partial charge in [0.15, 0.2) is 23.5 Å². The normalized spacial score (nSPS) is 24.5. The van der Waals surface area contributed by atoms with E-state index in [0.29, 0.717) is 36.1 Å². The molecule has 2 aromatic rings. The zero-order chi connectivity index (χ0) is 21.3. The minimum atomic E-state index is -0.841. The quantitative estimate of drug-likeness (QED) is 0.490. The predicted molar refractivity (Wildman–Crippen MR) is 105 cm³/mol. The summed E-state index contributed by atoms with van der Waals surface area (Å²) in [5.41, 5.74) is 5.50. The summed E-state index contributed by atoms with van der Waals surface area (Å²) < 4.78 is 29.6. The summed E-state index contributed by atoms with van der Waals surface area (Å²) in [4.78, 5) is 16.9. The van der Waals surface area contributed by atoms with Crippen LogP contribution >= 0.6 is 0 Å². The number of methoxy groups -OCH3 is 2. The van der Waals surface area contributed by atoms with Gasteiger partial charge in [0.25, 0.3) is 0 Å². The number of rotatable bonds is 7. The summed E-state index contributed by atoms with van der Waals surface area (Å²) in [6.07, 6.45) is -1.15. The van der Waals surface area contributed by atoms with Crippen molar-refractivity contribution in [3.05, 3.63) is 34.9 Å². The molecule has 0 amide bonds. The Hall–Kier alpha value is -2.70. The van der Waals surface area contributed by atoms with E-state index >= 15 is 0 Å². The van der Waals surface area contributed by atoms with Gasteiger partial charge in [0.05, 0.1) is 12.8 Å². The molecule has 0 saturated carbocycles. The van der Waals surface area contributed by atoms with Crippen LogP contribution in [0.4, 0.5) is 11.5 Å². The lowest BCUT2D eigenvalue weighted by atomic mass is 10.1. The summed E-state index contributed by atoms with van der Waals surface area (Å²) in [5, 5.41) is 12.7. The van der Waals surface area contributed by atoms with Gasteiger partial charge in [-0.25, -0.2) is 4.79 Å². The first-order chi connectivity index (χ1) is 14.6. The molecule has 0 spiro atoms. The largest absolute Gasteiger partial charge is 0.490 e. The average molecular weight is 420 g/mol. The number of hydrogen-bond acceptors (Lipinski definition) is 10. The van der Waals surface area contributed by atoms with Crippen LogP contribution in [-0.2, 0) is 14.2 Å². The van der Waals surface area contributed by atoms with Crippen LogP contribution in [0.2, 0.25) is 0 Å². The van der Waals surface area contributed by atoms with E-state index in [4.69, 9.17) is 29.4 Å². The number of hydrogen-bond donors (Lipinski definition) is 3. The van der Waals surface area contributed by atoms with E-state index in [1.807, 2.05) is 0 Å². The van der Waals surface area contributed by atoms with Crippen molar-refractivity contribution in [1.29, 1.82) is 0 Å². The summed E-state index contributed by atoms with van der Waals surface area (Å²) >= 11 is 0. The average Bonchev–Trinajstić information content (AvgIpc) is 3.13. The maximum Gasteiger partial charge on any atom is 0.351 e. The van der Waals surface area contributed by atoms with Crippen molar-refractivity contribution >= 4 is 11.5 Å². The van der Waals surface area contributed by atoms with E-state index in [1.54, 1.807) is 18.2 Å². The summed E-state index contributed by atoms with van der Waals surface area (Å²) in [5.74, 6) is 1.64. The number of aromatic nitrogens is 2. The third kappa shape index (κ3) is 3.50. The molecule has 0 radical (unpaired) electrons. The number of para-hydroxylation sites is 1. The zero-order valence-corrected chi connectivity index (χ0v) is 16.6. The van der Waals surface area contributed by atoms with Gasteiger partial charge in [-0.2, -0.15) is 4.98 Å². The molecule has 2 aliphatic heterocycles. The van der Waals surface area contributed by atoms with Crippen molar-refractivity contribution in [2.24, 2.45) is 5.73 Å². The molecule has 11 heteroatoms. The van der Waals surface area contributed by atoms with Gasteiger partial charge in [-0.15, -0.1) is 0 Å². The molecule has 1 aromatic carbocycles. The second-order valence-electron chi connectivity index (χ2n) is 6.79. The van der Waals surface area contributed by atoms with Crippen LogP contribution in [0, 0.1) is 0 Å². The van der Waals surface area contributed by atoms with Crippen LogP contribution in [0.5, 0.6) is 17.2 Å². The first-order valence-electron chi connectivity index (χ1n) is 9.47. The van der Waals surface area contributed by atoms with Crippen LogP contribution in [0.25, 0.3) is 0 Å². The third-order valence-corrected chi connectivity index (χ3v) is 5.03. The number of ether oxygens (including phenoxy) is 5. The van der Waals surface area contributed by atoms with E-state index in [0.717, 1.165) is 0 Å². The van der Waals surface area contributed by atoms with E-state index < -0.39 is 30.2 Å². The van der Waals surface area contributed by atoms with Crippen molar-refractivity contribution in [3.63, 3.8) is 0 Å². The van der Waals surface area contributed by atoms with Gasteiger partial charge >= 0.3 is 5.69 Å². The van der Waals surface area contributed by atoms with E-state index in [2.05, 4.69) is 10.3 Å². The molecule has 3 heterocycles. The van der Waals surface area contributed by atoms with Gasteiger partial charge in [0.2, 0.25) is 0 Å². The molecule has 4 N–H and O–H groups in total. The molecule has 4 unspecified atom stereocenters. The molecule has 162 valence electrons. The number of benzene rings is 1. The maximum atomic E-state index is 12.8. The van der Waals surface area contributed by atoms with Crippen LogP contribution in [0.1, 0.15) is 6.23 Å². The minimum Gasteiger partial charge on any atom is -0.490 e. The van der Waals surface area contributed by atoms with Gasteiger partial charge in [-0.1, -0.05) is 6.07 Å². The van der Waals surface area contributed by atoms with Crippen LogP contribution in [0.3, 0.4) is 0 Å². The topological polar surface area (TPSA) is 139 Å². The highest BCUT2D eigenvalue weighted by molar-refractivity contribution is 5.77. The molecule has 0 aliphatic carbocycles. The molecular formula is C19H24N4O7. The number of aliphatic hydroxyl groups excluding tert-OH is 1. The Bertz CT molecular complexity index is 966. The summed E-state index contributed by atoms with van der Waals surface area (Å²) in [7, 11) is 2.98. The highest BCUT2D eigenvalue weighted by Gasteiger charge is 2.46. The summed E-state index contributed by atoms with van der Waals surface area (Å²) in [6, 6.07) is 5.33. The fourth-order valence-electron chi connectivity index (χ4n) is 3.66. The predicted octanol–water partition coefficient (Wildman–Crippen LogP) is 0.350. The lowest BCUT2D eigenvalue weighted by Gasteiger charge is -2.25. The standard InChI is InChI=1S/C19H24N4O7/c1-26-15-13(9-24)30-18(16(15)27-2)23-8-12-17(22-19(23)25)21-14-10(28-7-6-20)4-3-5-11(14)29-12/h3-5,8,13,15-16,18,24H,6-7,9,20H2,1-2H3,(H,21,22,25). The van der Waals surface area contributed by atoms with Crippen molar-refractivity contribution in [2.75, 3.05) is 39.3 Å². The molecule has 2 aliphatic rings. The Balaban J connectivity index is 1.67. The highest BCUT2D eigenvalue weighted by Crippen LogP contribution is 2.45. The number of anilines is 2. The fourth-order valence-corrected chi connectivity index (χ4v) is 3.66. The molecule has 4 rings (SSSR count). The molecule has 1 saturated heterocycles. The SMILES string of the molecule is COC1C(CO)OC(n2cc3c(nc2=O)Nc2c(OCCN)cccc2O3)C1OC. The molecule has 11 nitrogen and oxygen atoms in total. The zero-order valence-electron chi connectivity index (χ0n) is 16.6. The number of nitrogens with two attached hydrogens (primary N) is 1. The van der Waals surface area contributed by atoms with E-state index in [1.165, 1.54) is 25.0 Å². The van der Waals surface area contributed by atoms with Crippen LogP contribution in [0.15, 0.2) is 29.2 Å². The lowest BCUT2D eigenvalue weighted by molar-refractivity contribution is -0.0626.